The van der Waals surface area contributed by atoms with Gasteiger partial charge in [-0.1, -0.05) is 13.8 Å². The maximum atomic E-state index is 12.2. The molecular formula is C14H25N3O4. The summed E-state index contributed by atoms with van der Waals surface area (Å²) in [4.78, 5) is 38.3. The Bertz CT molecular complexity index is 403. The van der Waals surface area contributed by atoms with Gasteiger partial charge in [0.1, 0.15) is 6.04 Å². The Balaban J connectivity index is 2.55. The van der Waals surface area contributed by atoms with Gasteiger partial charge in [0, 0.05) is 33.1 Å². The molecule has 1 heterocycles. The van der Waals surface area contributed by atoms with E-state index in [0.29, 0.717) is 26.2 Å². The number of piperazine rings is 1. The standard InChI is InChI=1S/C14H25N3O4/c1-9(2)12(14(20)21)15-13(19)10(3)16-5-7-17(8-6-16)11(4)18/h9-10,12H,5-8H2,1-4H3,(H,15,19)(H,20,21). The van der Waals surface area contributed by atoms with Gasteiger partial charge >= 0.3 is 5.97 Å². The lowest BCUT2D eigenvalue weighted by atomic mass is 10.0. The predicted molar refractivity (Wildman–Crippen MR) is 77.7 cm³/mol. The highest BCUT2D eigenvalue weighted by atomic mass is 16.4. The van der Waals surface area contributed by atoms with E-state index in [1.54, 1.807) is 25.7 Å². The Morgan fingerprint density at radius 1 is 1.05 bits per heavy atom. The van der Waals surface area contributed by atoms with Crippen LogP contribution in [0.15, 0.2) is 0 Å². The number of nitrogens with one attached hydrogen (secondary N) is 1. The molecule has 0 saturated carbocycles. The van der Waals surface area contributed by atoms with Gasteiger partial charge < -0.3 is 15.3 Å². The fourth-order valence-corrected chi connectivity index (χ4v) is 2.38. The number of aliphatic carboxylic acids is 1. The highest BCUT2D eigenvalue weighted by Gasteiger charge is 2.30. The molecule has 0 bridgehead atoms. The minimum atomic E-state index is -1.02. The number of carboxylic acid groups (broad SMARTS) is 1. The van der Waals surface area contributed by atoms with Crippen molar-refractivity contribution in [2.75, 3.05) is 26.2 Å². The number of hydrogen-bond acceptors (Lipinski definition) is 4. The van der Waals surface area contributed by atoms with E-state index in [1.165, 1.54) is 6.92 Å². The van der Waals surface area contributed by atoms with Gasteiger partial charge in [0.25, 0.3) is 0 Å². The van der Waals surface area contributed by atoms with Crippen molar-refractivity contribution < 1.29 is 19.5 Å². The number of carbonyl (C=O) groups excluding carboxylic acids is 2. The molecule has 1 rings (SSSR count). The molecule has 2 amide bonds. The molecule has 7 heteroatoms. The molecule has 1 aliphatic rings. The summed E-state index contributed by atoms with van der Waals surface area (Å²) in [5.74, 6) is -1.44. The fourth-order valence-electron chi connectivity index (χ4n) is 2.38. The first-order valence-corrected chi connectivity index (χ1v) is 7.26. The Labute approximate surface area is 125 Å². The average molecular weight is 299 g/mol. The van der Waals surface area contributed by atoms with E-state index >= 15 is 0 Å². The van der Waals surface area contributed by atoms with E-state index in [2.05, 4.69) is 5.32 Å². The van der Waals surface area contributed by atoms with E-state index in [1.807, 2.05) is 4.90 Å². The van der Waals surface area contributed by atoms with Crippen LogP contribution >= 0.6 is 0 Å². The first kappa shape index (κ1) is 17.4. The number of carbonyl (C=O) groups is 3. The van der Waals surface area contributed by atoms with Crippen LogP contribution in [0.25, 0.3) is 0 Å². The monoisotopic (exact) mass is 299 g/mol. The summed E-state index contributed by atoms with van der Waals surface area (Å²) in [5.41, 5.74) is 0. The van der Waals surface area contributed by atoms with Crippen LogP contribution in [0.1, 0.15) is 27.7 Å². The summed E-state index contributed by atoms with van der Waals surface area (Å²) >= 11 is 0. The average Bonchev–Trinajstić information content (AvgIpc) is 2.42. The van der Waals surface area contributed by atoms with Crippen molar-refractivity contribution in [3.05, 3.63) is 0 Å². The van der Waals surface area contributed by atoms with Crippen molar-refractivity contribution in [3.8, 4) is 0 Å². The minimum absolute atomic E-state index is 0.0394. The molecule has 7 nitrogen and oxygen atoms in total. The van der Waals surface area contributed by atoms with Crippen LogP contribution < -0.4 is 5.32 Å². The van der Waals surface area contributed by atoms with Crippen molar-refractivity contribution in [3.63, 3.8) is 0 Å². The first-order chi connectivity index (χ1) is 9.73. The van der Waals surface area contributed by atoms with Gasteiger partial charge in [-0.05, 0) is 12.8 Å². The Morgan fingerprint density at radius 2 is 1.57 bits per heavy atom. The summed E-state index contributed by atoms with van der Waals surface area (Å²) in [6, 6.07) is -1.28. The van der Waals surface area contributed by atoms with Gasteiger partial charge in [-0.2, -0.15) is 0 Å². The van der Waals surface area contributed by atoms with Crippen molar-refractivity contribution in [1.82, 2.24) is 15.1 Å². The van der Waals surface area contributed by atoms with E-state index in [4.69, 9.17) is 5.11 Å². The number of amides is 2. The molecule has 2 unspecified atom stereocenters. The number of rotatable bonds is 5. The Morgan fingerprint density at radius 3 is 1.95 bits per heavy atom. The summed E-state index contributed by atoms with van der Waals surface area (Å²) < 4.78 is 0. The van der Waals surface area contributed by atoms with E-state index in [0.717, 1.165) is 0 Å². The van der Waals surface area contributed by atoms with Crippen LogP contribution in [0.2, 0.25) is 0 Å². The third-order valence-corrected chi connectivity index (χ3v) is 3.92. The first-order valence-electron chi connectivity index (χ1n) is 7.26. The molecule has 0 aromatic rings. The van der Waals surface area contributed by atoms with Gasteiger partial charge in [0.15, 0.2) is 0 Å². The van der Waals surface area contributed by atoms with Crippen molar-refractivity contribution >= 4 is 17.8 Å². The summed E-state index contributed by atoms with van der Waals surface area (Å²) in [6.45, 7) is 9.24. The molecule has 2 atom stereocenters. The molecule has 2 N–H and O–H groups in total. The lowest BCUT2D eigenvalue weighted by Gasteiger charge is -2.37. The second kappa shape index (κ2) is 7.40. The molecule has 0 aromatic heterocycles. The summed E-state index contributed by atoms with van der Waals surface area (Å²) in [5, 5.41) is 11.7. The number of carboxylic acids is 1. The lowest BCUT2D eigenvalue weighted by molar-refractivity contribution is -0.144. The zero-order valence-electron chi connectivity index (χ0n) is 13.1. The van der Waals surface area contributed by atoms with Crippen LogP contribution in [0.4, 0.5) is 0 Å². The van der Waals surface area contributed by atoms with Crippen LogP contribution in [0.5, 0.6) is 0 Å². The molecule has 0 aliphatic carbocycles. The number of hydrogen-bond donors (Lipinski definition) is 2. The largest absolute Gasteiger partial charge is 0.480 e. The Hall–Kier alpha value is -1.63. The van der Waals surface area contributed by atoms with Crippen molar-refractivity contribution in [2.45, 2.75) is 39.8 Å². The lowest BCUT2D eigenvalue weighted by Crippen LogP contribution is -2.57. The highest BCUT2D eigenvalue weighted by Crippen LogP contribution is 2.08. The van der Waals surface area contributed by atoms with Crippen molar-refractivity contribution in [2.24, 2.45) is 5.92 Å². The molecule has 0 spiro atoms. The molecular weight excluding hydrogens is 274 g/mol. The van der Waals surface area contributed by atoms with Gasteiger partial charge in [-0.15, -0.1) is 0 Å². The summed E-state index contributed by atoms with van der Waals surface area (Å²) in [6.07, 6.45) is 0. The second-order valence-electron chi connectivity index (χ2n) is 5.79. The SMILES string of the molecule is CC(=O)N1CCN(C(C)C(=O)NC(C(=O)O)C(C)C)CC1. The van der Waals surface area contributed by atoms with E-state index in [-0.39, 0.29) is 17.7 Å². The van der Waals surface area contributed by atoms with E-state index in [9.17, 15) is 14.4 Å². The normalized spacial score (nSPS) is 19.2. The minimum Gasteiger partial charge on any atom is -0.480 e. The highest BCUT2D eigenvalue weighted by molar-refractivity contribution is 5.86. The predicted octanol–water partition coefficient (Wildman–Crippen LogP) is -0.236. The van der Waals surface area contributed by atoms with Gasteiger partial charge in [0.2, 0.25) is 11.8 Å². The molecule has 1 saturated heterocycles. The van der Waals surface area contributed by atoms with Gasteiger partial charge in [-0.3, -0.25) is 14.5 Å². The quantitative estimate of drug-likeness (QED) is 0.731. The third-order valence-electron chi connectivity index (χ3n) is 3.92. The molecule has 1 fully saturated rings. The number of nitrogens with zero attached hydrogens (tertiary/aromatic N) is 2. The smallest absolute Gasteiger partial charge is 0.326 e. The Kier molecular flexibility index (Phi) is 6.14. The molecule has 1 aliphatic heterocycles. The fraction of sp³-hybridized carbons (Fsp3) is 0.786. The second-order valence-corrected chi connectivity index (χ2v) is 5.79. The van der Waals surface area contributed by atoms with Gasteiger partial charge in [-0.25, -0.2) is 4.79 Å². The van der Waals surface area contributed by atoms with Crippen LogP contribution in [-0.4, -0.2) is 71.0 Å². The van der Waals surface area contributed by atoms with Gasteiger partial charge in [0.05, 0.1) is 6.04 Å². The molecule has 120 valence electrons. The van der Waals surface area contributed by atoms with Crippen molar-refractivity contribution in [1.29, 1.82) is 0 Å². The van der Waals surface area contributed by atoms with Crippen LogP contribution in [0, 0.1) is 5.92 Å². The topological polar surface area (TPSA) is 90.0 Å². The van der Waals surface area contributed by atoms with Crippen LogP contribution in [-0.2, 0) is 14.4 Å². The molecule has 0 aromatic carbocycles. The maximum Gasteiger partial charge on any atom is 0.326 e. The third kappa shape index (κ3) is 4.70. The maximum absolute atomic E-state index is 12.2. The zero-order valence-corrected chi connectivity index (χ0v) is 13.1. The van der Waals surface area contributed by atoms with Crippen LogP contribution in [0.3, 0.4) is 0 Å². The zero-order chi connectivity index (χ0) is 16.2. The molecule has 0 radical (unpaired) electrons. The summed E-state index contributed by atoms with van der Waals surface area (Å²) in [7, 11) is 0. The van der Waals surface area contributed by atoms with E-state index < -0.39 is 18.1 Å². The molecule has 21 heavy (non-hydrogen) atoms.